The number of fused-ring (bicyclic) bond motifs is 1. The maximum atomic E-state index is 12.6. The van der Waals surface area contributed by atoms with Crippen LogP contribution < -0.4 is 16.0 Å². The molecule has 0 bridgehead atoms. The second kappa shape index (κ2) is 7.56. The number of anilines is 1. The van der Waals surface area contributed by atoms with E-state index in [4.69, 9.17) is 28.9 Å². The highest BCUT2D eigenvalue weighted by Crippen LogP contribution is 2.35. The highest BCUT2D eigenvalue weighted by Gasteiger charge is 2.30. The minimum atomic E-state index is -0.520. The standard InChI is InChI=1S/C18H19Cl2N3O2S/c1-9(2)23-6-5-12-14(8-23)26-18(15(12)16(21)24)22-17(25)11-4-3-10(19)7-13(11)20/h3-4,7,9H,5-6,8H2,1-2H3,(H2,21,24)(H,22,25)/p+1. The molecule has 8 heteroatoms. The lowest BCUT2D eigenvalue weighted by Crippen LogP contribution is -3.14. The Hall–Kier alpha value is -1.60. The van der Waals surface area contributed by atoms with Crippen LogP contribution in [0.1, 0.15) is 45.0 Å². The van der Waals surface area contributed by atoms with Crippen molar-refractivity contribution in [1.29, 1.82) is 0 Å². The van der Waals surface area contributed by atoms with Gasteiger partial charge in [-0.15, -0.1) is 11.3 Å². The molecule has 1 aliphatic heterocycles. The third-order valence-corrected chi connectivity index (χ3v) is 6.34. The predicted molar refractivity (Wildman–Crippen MR) is 106 cm³/mol. The highest BCUT2D eigenvalue weighted by molar-refractivity contribution is 7.17. The number of carbonyl (C=O) groups is 2. The molecule has 0 saturated heterocycles. The maximum absolute atomic E-state index is 12.6. The average molecular weight is 413 g/mol. The molecule has 26 heavy (non-hydrogen) atoms. The maximum Gasteiger partial charge on any atom is 0.257 e. The molecule has 0 spiro atoms. The summed E-state index contributed by atoms with van der Waals surface area (Å²) in [5.41, 5.74) is 7.29. The number of nitrogens with one attached hydrogen (secondary N) is 2. The van der Waals surface area contributed by atoms with Crippen LogP contribution in [-0.2, 0) is 13.0 Å². The lowest BCUT2D eigenvalue weighted by atomic mass is 10.0. The molecule has 4 N–H and O–H groups in total. The van der Waals surface area contributed by atoms with Gasteiger partial charge in [-0.3, -0.25) is 9.59 Å². The molecule has 0 radical (unpaired) electrons. The first-order chi connectivity index (χ1) is 12.3. The summed E-state index contributed by atoms with van der Waals surface area (Å²) >= 11 is 13.4. The molecule has 2 heterocycles. The fourth-order valence-corrected chi connectivity index (χ4v) is 4.98. The number of quaternary nitrogens is 1. The van der Waals surface area contributed by atoms with Crippen LogP contribution in [0.2, 0.25) is 10.0 Å². The molecule has 3 rings (SSSR count). The van der Waals surface area contributed by atoms with Crippen molar-refractivity contribution in [2.24, 2.45) is 5.73 Å². The molecule has 138 valence electrons. The van der Waals surface area contributed by atoms with Gasteiger partial charge >= 0.3 is 0 Å². The van der Waals surface area contributed by atoms with E-state index in [0.717, 1.165) is 30.0 Å². The average Bonchev–Trinajstić information content (AvgIpc) is 2.91. The van der Waals surface area contributed by atoms with Gasteiger partial charge in [0.1, 0.15) is 11.5 Å². The van der Waals surface area contributed by atoms with E-state index in [1.807, 2.05) is 0 Å². The first kappa shape index (κ1) is 19.2. The zero-order valence-electron chi connectivity index (χ0n) is 14.5. The summed E-state index contributed by atoms with van der Waals surface area (Å²) < 4.78 is 0. The number of rotatable bonds is 4. The summed E-state index contributed by atoms with van der Waals surface area (Å²) in [6, 6.07) is 5.16. The molecule has 1 aromatic heterocycles. The SMILES string of the molecule is CC(C)[NH+]1CCc2c(sc(NC(=O)c3ccc(Cl)cc3Cl)c2C(N)=O)C1. The number of amides is 2. The Kier molecular flexibility index (Phi) is 5.58. The van der Waals surface area contributed by atoms with Gasteiger partial charge in [-0.1, -0.05) is 23.2 Å². The van der Waals surface area contributed by atoms with Crippen molar-refractivity contribution in [3.8, 4) is 0 Å². The van der Waals surface area contributed by atoms with Crippen molar-refractivity contribution in [3.63, 3.8) is 0 Å². The molecule has 2 aromatic rings. The molecule has 0 aliphatic carbocycles. The fraction of sp³-hybridized carbons (Fsp3) is 0.333. The lowest BCUT2D eigenvalue weighted by molar-refractivity contribution is -0.936. The Bertz CT molecular complexity index is 880. The Morgan fingerprint density at radius 3 is 2.65 bits per heavy atom. The van der Waals surface area contributed by atoms with Gasteiger partial charge < -0.3 is 16.0 Å². The Morgan fingerprint density at radius 1 is 1.31 bits per heavy atom. The lowest BCUT2D eigenvalue weighted by Gasteiger charge is -2.27. The van der Waals surface area contributed by atoms with E-state index in [1.165, 1.54) is 22.3 Å². The van der Waals surface area contributed by atoms with Crippen molar-refractivity contribution in [3.05, 3.63) is 49.8 Å². The van der Waals surface area contributed by atoms with E-state index < -0.39 is 5.91 Å². The van der Waals surface area contributed by atoms with Gasteiger partial charge in [0.25, 0.3) is 11.8 Å². The Morgan fingerprint density at radius 2 is 2.04 bits per heavy atom. The second-order valence-corrected chi connectivity index (χ2v) is 8.59. The molecule has 1 atom stereocenters. The molecule has 1 aromatic carbocycles. The number of hydrogen-bond acceptors (Lipinski definition) is 3. The normalized spacial score (nSPS) is 16.4. The van der Waals surface area contributed by atoms with E-state index in [-0.39, 0.29) is 10.9 Å². The number of hydrogen-bond donors (Lipinski definition) is 3. The van der Waals surface area contributed by atoms with Crippen LogP contribution in [0, 0.1) is 0 Å². The van der Waals surface area contributed by atoms with Gasteiger partial charge in [0.05, 0.1) is 33.6 Å². The number of nitrogens with two attached hydrogens (primary N) is 1. The largest absolute Gasteiger partial charge is 0.365 e. The van der Waals surface area contributed by atoms with Gasteiger partial charge in [-0.2, -0.15) is 0 Å². The molecule has 5 nitrogen and oxygen atoms in total. The van der Waals surface area contributed by atoms with Crippen LogP contribution in [0.5, 0.6) is 0 Å². The van der Waals surface area contributed by atoms with E-state index in [0.29, 0.717) is 27.2 Å². The molecule has 2 amide bonds. The number of halogens is 2. The number of thiophene rings is 1. The molecule has 0 saturated carbocycles. The molecule has 1 unspecified atom stereocenters. The van der Waals surface area contributed by atoms with Crippen LogP contribution >= 0.6 is 34.5 Å². The smallest absolute Gasteiger partial charge is 0.257 e. The van der Waals surface area contributed by atoms with Crippen molar-refractivity contribution in [2.45, 2.75) is 32.9 Å². The first-order valence-electron chi connectivity index (χ1n) is 8.33. The van der Waals surface area contributed by atoms with E-state index in [9.17, 15) is 9.59 Å². The minimum Gasteiger partial charge on any atom is -0.365 e. The predicted octanol–water partition coefficient (Wildman–Crippen LogP) is 2.76. The van der Waals surface area contributed by atoms with Crippen molar-refractivity contribution >= 4 is 51.4 Å². The minimum absolute atomic E-state index is 0.257. The molecular formula is C18H20Cl2N3O2S+. The van der Waals surface area contributed by atoms with Gasteiger partial charge in [0.2, 0.25) is 0 Å². The number of benzene rings is 1. The third-order valence-electron chi connectivity index (χ3n) is 4.64. The van der Waals surface area contributed by atoms with Crippen LogP contribution in [-0.4, -0.2) is 24.4 Å². The highest BCUT2D eigenvalue weighted by atomic mass is 35.5. The number of primary amides is 1. The van der Waals surface area contributed by atoms with Crippen LogP contribution in [0.25, 0.3) is 0 Å². The van der Waals surface area contributed by atoms with Crippen molar-refractivity contribution in [2.75, 3.05) is 11.9 Å². The summed E-state index contributed by atoms with van der Waals surface area (Å²) in [6.45, 7) is 6.12. The third kappa shape index (κ3) is 3.74. The van der Waals surface area contributed by atoms with Crippen LogP contribution in [0.3, 0.4) is 0 Å². The quantitative estimate of drug-likeness (QED) is 0.721. The number of carbonyl (C=O) groups excluding carboxylic acids is 2. The summed E-state index contributed by atoms with van der Waals surface area (Å²) in [4.78, 5) is 27.2. The van der Waals surface area contributed by atoms with Gasteiger partial charge in [0.15, 0.2) is 0 Å². The molecule has 0 fully saturated rings. The Balaban J connectivity index is 1.93. The topological polar surface area (TPSA) is 76.6 Å². The first-order valence-corrected chi connectivity index (χ1v) is 9.90. The van der Waals surface area contributed by atoms with E-state index in [2.05, 4.69) is 19.2 Å². The van der Waals surface area contributed by atoms with Crippen molar-refractivity contribution in [1.82, 2.24) is 0 Å². The summed E-state index contributed by atoms with van der Waals surface area (Å²) in [5.74, 6) is -0.908. The molecular weight excluding hydrogens is 393 g/mol. The monoisotopic (exact) mass is 412 g/mol. The Labute approximate surface area is 166 Å². The molecule has 1 aliphatic rings. The van der Waals surface area contributed by atoms with Crippen LogP contribution in [0.4, 0.5) is 5.00 Å². The summed E-state index contributed by atoms with van der Waals surface area (Å²) in [6.07, 6.45) is 0.773. The van der Waals surface area contributed by atoms with Gasteiger partial charge in [-0.05, 0) is 37.6 Å². The van der Waals surface area contributed by atoms with Gasteiger partial charge in [-0.25, -0.2) is 0 Å². The summed E-state index contributed by atoms with van der Waals surface area (Å²) in [7, 11) is 0. The summed E-state index contributed by atoms with van der Waals surface area (Å²) in [5, 5.41) is 4.01. The van der Waals surface area contributed by atoms with E-state index in [1.54, 1.807) is 12.1 Å². The zero-order chi connectivity index (χ0) is 19.0. The van der Waals surface area contributed by atoms with Crippen LogP contribution in [0.15, 0.2) is 18.2 Å². The zero-order valence-corrected chi connectivity index (χ0v) is 16.8. The van der Waals surface area contributed by atoms with Crippen molar-refractivity contribution < 1.29 is 14.5 Å². The fourth-order valence-electron chi connectivity index (χ4n) is 3.19. The second-order valence-electron chi connectivity index (χ2n) is 6.64. The van der Waals surface area contributed by atoms with Gasteiger partial charge in [0, 0.05) is 11.4 Å². The van der Waals surface area contributed by atoms with E-state index >= 15 is 0 Å².